The molecule has 10 heteroatoms. The van der Waals surface area contributed by atoms with Crippen LogP contribution in [-0.2, 0) is 11.7 Å². The van der Waals surface area contributed by atoms with Gasteiger partial charge in [-0.3, -0.25) is 4.40 Å². The number of aliphatic hydroxyl groups is 1. The lowest BCUT2D eigenvalue weighted by Gasteiger charge is -2.52. The minimum Gasteiger partial charge on any atom is -0.389 e. The topological polar surface area (TPSA) is 102 Å². The third-order valence-corrected chi connectivity index (χ3v) is 7.81. The van der Waals surface area contributed by atoms with Crippen molar-refractivity contribution in [1.29, 1.82) is 0 Å². The van der Waals surface area contributed by atoms with Gasteiger partial charge in [0.1, 0.15) is 5.52 Å². The van der Waals surface area contributed by atoms with Crippen molar-refractivity contribution < 1.29 is 18.3 Å². The molecule has 2 fully saturated rings. The van der Waals surface area contributed by atoms with E-state index in [0.29, 0.717) is 35.7 Å². The van der Waals surface area contributed by atoms with E-state index in [1.807, 2.05) is 54.6 Å². The van der Waals surface area contributed by atoms with Gasteiger partial charge in [0.05, 0.1) is 17.0 Å². The molecular formula is C28H23F3N6O. The van der Waals surface area contributed by atoms with E-state index in [1.54, 1.807) is 6.07 Å². The van der Waals surface area contributed by atoms with Crippen LogP contribution in [0.15, 0.2) is 66.7 Å². The van der Waals surface area contributed by atoms with E-state index in [2.05, 4.69) is 10.2 Å². The van der Waals surface area contributed by atoms with Gasteiger partial charge in [-0.2, -0.15) is 13.2 Å². The van der Waals surface area contributed by atoms with E-state index in [1.165, 1.54) is 6.07 Å². The van der Waals surface area contributed by atoms with Crippen LogP contribution in [0, 0.1) is 5.92 Å². The second-order valence-electron chi connectivity index (χ2n) is 10.5. The second-order valence-corrected chi connectivity index (χ2v) is 10.5. The Hall–Kier alpha value is -3.89. The molecule has 2 aromatic carbocycles. The number of hydrogen-bond acceptors (Lipinski definition) is 6. The zero-order valence-corrected chi connectivity index (χ0v) is 20.2. The summed E-state index contributed by atoms with van der Waals surface area (Å²) in [4.78, 5) is 9.48. The number of nitrogens with two attached hydrogens (primary N) is 1. The fourth-order valence-corrected chi connectivity index (χ4v) is 5.78. The van der Waals surface area contributed by atoms with Crippen LogP contribution in [0.5, 0.6) is 0 Å². The molecule has 7 rings (SSSR count). The Kier molecular flexibility index (Phi) is 4.78. The molecule has 3 aromatic heterocycles. The second kappa shape index (κ2) is 7.81. The van der Waals surface area contributed by atoms with Crippen LogP contribution in [0.3, 0.4) is 0 Å². The molecule has 0 aliphatic heterocycles. The Balaban J connectivity index is 1.36. The van der Waals surface area contributed by atoms with E-state index < -0.39 is 23.1 Å². The van der Waals surface area contributed by atoms with Crippen molar-refractivity contribution in [3.8, 4) is 22.5 Å². The number of benzene rings is 2. The third kappa shape index (κ3) is 3.58. The lowest BCUT2D eigenvalue weighted by Crippen LogP contribution is -2.60. The van der Waals surface area contributed by atoms with Crippen LogP contribution in [0.2, 0.25) is 0 Å². The highest BCUT2D eigenvalue weighted by molar-refractivity contribution is 5.86. The molecule has 0 unspecified atom stereocenters. The zero-order chi connectivity index (χ0) is 26.3. The molecule has 0 atom stereocenters. The summed E-state index contributed by atoms with van der Waals surface area (Å²) in [5, 5.41) is 17.8. The zero-order valence-electron chi connectivity index (χ0n) is 20.2. The lowest BCUT2D eigenvalue weighted by atomic mass is 9.60. The van der Waals surface area contributed by atoms with E-state index in [0.717, 1.165) is 28.4 Å². The van der Waals surface area contributed by atoms with Gasteiger partial charge >= 0.3 is 6.18 Å². The quantitative estimate of drug-likeness (QED) is 0.344. The molecule has 192 valence electrons. The number of halogens is 3. The Morgan fingerprint density at radius 2 is 1.50 bits per heavy atom. The van der Waals surface area contributed by atoms with Crippen molar-refractivity contribution in [2.45, 2.75) is 43.0 Å². The first-order valence-electron chi connectivity index (χ1n) is 12.5. The predicted molar refractivity (Wildman–Crippen MR) is 135 cm³/mol. The van der Waals surface area contributed by atoms with Crippen LogP contribution in [0.25, 0.3) is 39.3 Å². The maximum Gasteiger partial charge on any atom is 0.452 e. The predicted octanol–water partition coefficient (Wildman–Crippen LogP) is 5.11. The summed E-state index contributed by atoms with van der Waals surface area (Å²) in [5.74, 6) is -0.793. The van der Waals surface area contributed by atoms with Gasteiger partial charge in [0, 0.05) is 16.7 Å². The molecule has 2 saturated carbocycles. The summed E-state index contributed by atoms with van der Waals surface area (Å²) in [6.45, 7) is 0. The summed E-state index contributed by atoms with van der Waals surface area (Å²) in [5.41, 5.74) is 9.11. The molecule has 38 heavy (non-hydrogen) atoms. The molecule has 2 aliphatic rings. The van der Waals surface area contributed by atoms with Crippen molar-refractivity contribution in [3.05, 3.63) is 78.1 Å². The smallest absolute Gasteiger partial charge is 0.389 e. The standard InChI is InChI=1S/C28H23F3N6O/c29-28(30,31)25-36-35-21-13-12-20-24(37(21)25)34-23(16-4-2-1-3-5-16)22(33-20)17-6-8-18(9-7-17)26(32)14-27(38,15-26)19-10-11-19/h1-9,12-13,19,38H,10-11,14-15,32H2. The van der Waals surface area contributed by atoms with Crippen molar-refractivity contribution in [2.24, 2.45) is 11.7 Å². The first-order chi connectivity index (χ1) is 18.1. The molecule has 0 radical (unpaired) electrons. The summed E-state index contributed by atoms with van der Waals surface area (Å²) < 4.78 is 42.0. The molecule has 7 nitrogen and oxygen atoms in total. The summed E-state index contributed by atoms with van der Waals surface area (Å²) in [6.07, 6.45) is -1.53. The SMILES string of the molecule is NC1(c2ccc(-c3nc4ccc5nnc(C(F)(F)F)n5c4nc3-c3ccccc3)cc2)CC(O)(C2CC2)C1. The van der Waals surface area contributed by atoms with Crippen LogP contribution in [0.4, 0.5) is 13.2 Å². The monoisotopic (exact) mass is 516 g/mol. The van der Waals surface area contributed by atoms with E-state index in [9.17, 15) is 18.3 Å². The van der Waals surface area contributed by atoms with E-state index in [4.69, 9.17) is 15.7 Å². The minimum absolute atomic E-state index is 0.0220. The molecule has 5 aromatic rings. The van der Waals surface area contributed by atoms with Gasteiger partial charge in [0.15, 0.2) is 11.3 Å². The molecule has 0 amide bonds. The fourth-order valence-electron chi connectivity index (χ4n) is 5.78. The van der Waals surface area contributed by atoms with Gasteiger partial charge in [-0.25, -0.2) is 9.97 Å². The Morgan fingerprint density at radius 1 is 0.842 bits per heavy atom. The maximum absolute atomic E-state index is 13.7. The van der Waals surface area contributed by atoms with Gasteiger partial charge in [-0.05, 0) is 49.3 Å². The Labute approximate surface area is 215 Å². The Bertz CT molecular complexity index is 1690. The van der Waals surface area contributed by atoms with Crippen molar-refractivity contribution >= 4 is 16.8 Å². The molecular weight excluding hydrogens is 493 g/mol. The highest BCUT2D eigenvalue weighted by Crippen LogP contribution is 2.57. The number of hydrogen-bond donors (Lipinski definition) is 2. The van der Waals surface area contributed by atoms with Crippen LogP contribution < -0.4 is 5.73 Å². The average Bonchev–Trinajstić information content (AvgIpc) is 3.65. The summed E-state index contributed by atoms with van der Waals surface area (Å²) >= 11 is 0. The molecule has 3 N–H and O–H groups in total. The highest BCUT2D eigenvalue weighted by Gasteiger charge is 2.58. The normalized spacial score (nSPS) is 23.6. The molecule has 0 bridgehead atoms. The number of nitrogens with zero attached hydrogens (tertiary/aromatic N) is 5. The van der Waals surface area contributed by atoms with Crippen LogP contribution in [0.1, 0.15) is 37.1 Å². The van der Waals surface area contributed by atoms with Gasteiger partial charge in [0.2, 0.25) is 5.82 Å². The highest BCUT2D eigenvalue weighted by atomic mass is 19.4. The minimum atomic E-state index is -4.71. The number of fused-ring (bicyclic) bond motifs is 3. The van der Waals surface area contributed by atoms with Crippen molar-refractivity contribution in [2.75, 3.05) is 0 Å². The summed E-state index contributed by atoms with van der Waals surface area (Å²) in [6, 6.07) is 19.9. The van der Waals surface area contributed by atoms with Gasteiger partial charge in [-0.15, -0.1) is 10.2 Å². The largest absolute Gasteiger partial charge is 0.452 e. The van der Waals surface area contributed by atoms with Crippen molar-refractivity contribution in [1.82, 2.24) is 24.6 Å². The van der Waals surface area contributed by atoms with E-state index >= 15 is 0 Å². The van der Waals surface area contributed by atoms with Gasteiger partial charge < -0.3 is 10.8 Å². The number of rotatable bonds is 4. The Morgan fingerprint density at radius 3 is 2.16 bits per heavy atom. The summed E-state index contributed by atoms with van der Waals surface area (Å²) in [7, 11) is 0. The van der Waals surface area contributed by atoms with Crippen LogP contribution in [-0.4, -0.2) is 35.3 Å². The number of aromatic nitrogens is 5. The average molecular weight is 517 g/mol. The molecule has 0 spiro atoms. The fraction of sp³-hybridized carbons (Fsp3) is 0.286. The number of alkyl halides is 3. The molecule has 3 heterocycles. The third-order valence-electron chi connectivity index (χ3n) is 7.81. The van der Waals surface area contributed by atoms with Crippen molar-refractivity contribution in [3.63, 3.8) is 0 Å². The van der Waals surface area contributed by atoms with Gasteiger partial charge in [-0.1, -0.05) is 54.6 Å². The first-order valence-corrected chi connectivity index (χ1v) is 12.5. The lowest BCUT2D eigenvalue weighted by molar-refractivity contribution is -0.145. The van der Waals surface area contributed by atoms with E-state index in [-0.39, 0.29) is 16.8 Å². The first kappa shape index (κ1) is 23.2. The van der Waals surface area contributed by atoms with Crippen LogP contribution >= 0.6 is 0 Å². The number of pyridine rings is 1. The molecule has 0 saturated heterocycles. The molecule has 2 aliphatic carbocycles. The maximum atomic E-state index is 13.7. The van der Waals surface area contributed by atoms with Gasteiger partial charge in [0.25, 0.3) is 0 Å².